The van der Waals surface area contributed by atoms with Gasteiger partial charge in [-0.1, -0.05) is 42.5 Å². The maximum absolute atomic E-state index is 12.8. The normalized spacial score (nSPS) is 10.6. The molecule has 0 aliphatic heterocycles. The number of benzene rings is 2. The van der Waals surface area contributed by atoms with Gasteiger partial charge in [0.2, 0.25) is 11.8 Å². The number of hydrogen-bond donors (Lipinski definition) is 0. The van der Waals surface area contributed by atoms with E-state index in [1.165, 1.54) is 6.92 Å². The molecule has 0 unspecified atom stereocenters. The minimum absolute atomic E-state index is 0.0391. The van der Waals surface area contributed by atoms with Crippen LogP contribution in [0.1, 0.15) is 38.3 Å². The van der Waals surface area contributed by atoms with Gasteiger partial charge in [-0.2, -0.15) is 0 Å². The molecule has 28 heavy (non-hydrogen) atoms. The molecule has 150 valence electrons. The van der Waals surface area contributed by atoms with Crippen LogP contribution in [0, 0.1) is 0 Å². The van der Waals surface area contributed by atoms with E-state index in [9.17, 15) is 9.59 Å². The Hall–Kier alpha value is -2.82. The van der Waals surface area contributed by atoms with Crippen molar-refractivity contribution in [3.8, 4) is 5.75 Å². The van der Waals surface area contributed by atoms with Gasteiger partial charge in [0.25, 0.3) is 0 Å². The van der Waals surface area contributed by atoms with Crippen molar-refractivity contribution in [1.82, 2.24) is 9.80 Å². The average molecular weight is 383 g/mol. The molecular weight excluding hydrogens is 352 g/mol. The van der Waals surface area contributed by atoms with Gasteiger partial charge in [-0.3, -0.25) is 9.59 Å². The number of rotatable bonds is 9. The molecule has 5 heteroatoms. The summed E-state index contributed by atoms with van der Waals surface area (Å²) in [7, 11) is 1.62. The Morgan fingerprint density at radius 1 is 0.929 bits per heavy atom. The maximum atomic E-state index is 12.8. The van der Waals surface area contributed by atoms with E-state index >= 15 is 0 Å². The minimum atomic E-state index is -0.0391. The SMILES string of the molecule is COc1ccc(CN(CCC(=O)N(Cc2ccccc2)C(C)C)C(C)=O)cc1. The first-order valence-electron chi connectivity index (χ1n) is 9.62. The molecule has 0 saturated heterocycles. The summed E-state index contributed by atoms with van der Waals surface area (Å²) in [5.74, 6) is 0.796. The molecule has 0 aliphatic carbocycles. The summed E-state index contributed by atoms with van der Waals surface area (Å²) in [5.41, 5.74) is 2.11. The molecule has 2 aromatic rings. The Bertz CT molecular complexity index is 757. The standard InChI is InChI=1S/C23H30N2O3/c1-18(2)25(17-20-8-6-5-7-9-20)23(27)14-15-24(19(3)26)16-21-10-12-22(28-4)13-11-21/h5-13,18H,14-17H2,1-4H3. The van der Waals surface area contributed by atoms with Gasteiger partial charge in [-0.25, -0.2) is 0 Å². The average Bonchev–Trinajstić information content (AvgIpc) is 2.69. The van der Waals surface area contributed by atoms with Crippen LogP contribution in [-0.2, 0) is 22.7 Å². The van der Waals surface area contributed by atoms with Crippen molar-refractivity contribution in [1.29, 1.82) is 0 Å². The second kappa shape index (κ2) is 10.5. The molecule has 0 atom stereocenters. The molecule has 0 radical (unpaired) electrons. The van der Waals surface area contributed by atoms with Crippen LogP contribution in [0.5, 0.6) is 5.75 Å². The summed E-state index contributed by atoms with van der Waals surface area (Å²) >= 11 is 0. The highest BCUT2D eigenvalue weighted by Crippen LogP contribution is 2.14. The Morgan fingerprint density at radius 2 is 1.54 bits per heavy atom. The lowest BCUT2D eigenvalue weighted by Gasteiger charge is -2.28. The number of ether oxygens (including phenoxy) is 1. The van der Waals surface area contributed by atoms with Crippen molar-refractivity contribution in [2.75, 3.05) is 13.7 Å². The lowest BCUT2D eigenvalue weighted by molar-refractivity contribution is -0.135. The van der Waals surface area contributed by atoms with E-state index in [-0.39, 0.29) is 17.9 Å². The molecule has 0 fully saturated rings. The lowest BCUT2D eigenvalue weighted by atomic mass is 10.1. The van der Waals surface area contributed by atoms with Crippen molar-refractivity contribution in [2.24, 2.45) is 0 Å². The molecule has 0 saturated carbocycles. The third kappa shape index (κ3) is 6.41. The van der Waals surface area contributed by atoms with E-state index < -0.39 is 0 Å². The predicted octanol–water partition coefficient (Wildman–Crippen LogP) is 3.87. The third-order valence-corrected chi connectivity index (χ3v) is 4.71. The van der Waals surface area contributed by atoms with Gasteiger partial charge in [0.1, 0.15) is 5.75 Å². The quantitative estimate of drug-likeness (QED) is 0.661. The van der Waals surface area contributed by atoms with Crippen LogP contribution < -0.4 is 4.74 Å². The smallest absolute Gasteiger partial charge is 0.224 e. The number of methoxy groups -OCH3 is 1. The number of carbonyl (C=O) groups excluding carboxylic acids is 2. The van der Waals surface area contributed by atoms with Gasteiger partial charge in [0, 0.05) is 39.0 Å². The van der Waals surface area contributed by atoms with Crippen LogP contribution in [0.25, 0.3) is 0 Å². The molecular formula is C23H30N2O3. The van der Waals surface area contributed by atoms with E-state index in [1.807, 2.05) is 73.3 Å². The number of carbonyl (C=O) groups is 2. The van der Waals surface area contributed by atoms with Crippen molar-refractivity contribution in [3.63, 3.8) is 0 Å². The summed E-state index contributed by atoms with van der Waals surface area (Å²) < 4.78 is 5.17. The summed E-state index contributed by atoms with van der Waals surface area (Å²) in [5, 5.41) is 0. The fourth-order valence-electron chi connectivity index (χ4n) is 3.01. The van der Waals surface area contributed by atoms with Crippen LogP contribution in [0.2, 0.25) is 0 Å². The molecule has 5 nitrogen and oxygen atoms in total. The first kappa shape index (κ1) is 21.5. The van der Waals surface area contributed by atoms with E-state index in [2.05, 4.69) is 0 Å². The van der Waals surface area contributed by atoms with E-state index in [4.69, 9.17) is 4.74 Å². The zero-order valence-corrected chi connectivity index (χ0v) is 17.2. The van der Waals surface area contributed by atoms with Gasteiger partial charge >= 0.3 is 0 Å². The fraction of sp³-hybridized carbons (Fsp3) is 0.391. The topological polar surface area (TPSA) is 49.9 Å². The molecule has 2 rings (SSSR count). The van der Waals surface area contributed by atoms with Gasteiger partial charge in [0.05, 0.1) is 7.11 Å². The highest BCUT2D eigenvalue weighted by Gasteiger charge is 2.19. The highest BCUT2D eigenvalue weighted by atomic mass is 16.5. The van der Waals surface area contributed by atoms with E-state index in [1.54, 1.807) is 12.0 Å². The first-order valence-corrected chi connectivity index (χ1v) is 9.62. The lowest BCUT2D eigenvalue weighted by Crippen LogP contribution is -2.39. The Balaban J connectivity index is 1.98. The Kier molecular flexibility index (Phi) is 8.05. The van der Waals surface area contributed by atoms with E-state index in [0.29, 0.717) is 26.1 Å². The summed E-state index contributed by atoms with van der Waals surface area (Å²) in [6.07, 6.45) is 0.306. The molecule has 0 spiro atoms. The van der Waals surface area contributed by atoms with Crippen LogP contribution in [0.3, 0.4) is 0 Å². The maximum Gasteiger partial charge on any atom is 0.224 e. The zero-order chi connectivity index (χ0) is 20.5. The molecule has 2 aromatic carbocycles. The zero-order valence-electron chi connectivity index (χ0n) is 17.2. The second-order valence-corrected chi connectivity index (χ2v) is 7.14. The third-order valence-electron chi connectivity index (χ3n) is 4.71. The fourth-order valence-corrected chi connectivity index (χ4v) is 3.01. The monoisotopic (exact) mass is 382 g/mol. The molecule has 0 heterocycles. The van der Waals surface area contributed by atoms with Crippen molar-refractivity contribution < 1.29 is 14.3 Å². The van der Waals surface area contributed by atoms with Crippen molar-refractivity contribution in [3.05, 3.63) is 65.7 Å². The van der Waals surface area contributed by atoms with Gasteiger partial charge in [0.15, 0.2) is 0 Å². The van der Waals surface area contributed by atoms with Crippen LogP contribution in [0.4, 0.5) is 0 Å². The van der Waals surface area contributed by atoms with Gasteiger partial charge in [-0.05, 0) is 37.1 Å². The summed E-state index contributed by atoms with van der Waals surface area (Å²) in [6.45, 7) is 7.03. The van der Waals surface area contributed by atoms with Gasteiger partial charge in [-0.15, -0.1) is 0 Å². The van der Waals surface area contributed by atoms with Crippen LogP contribution in [0.15, 0.2) is 54.6 Å². The van der Waals surface area contributed by atoms with Crippen LogP contribution >= 0.6 is 0 Å². The summed E-state index contributed by atoms with van der Waals surface area (Å²) in [6, 6.07) is 17.7. The molecule has 0 bridgehead atoms. The molecule has 0 aliphatic rings. The Labute approximate surface area is 167 Å². The largest absolute Gasteiger partial charge is 0.497 e. The summed E-state index contributed by atoms with van der Waals surface area (Å²) in [4.78, 5) is 28.4. The van der Waals surface area contributed by atoms with Crippen LogP contribution in [-0.4, -0.2) is 41.3 Å². The molecule has 2 amide bonds. The molecule has 0 N–H and O–H groups in total. The van der Waals surface area contributed by atoms with Gasteiger partial charge < -0.3 is 14.5 Å². The second-order valence-electron chi connectivity index (χ2n) is 7.14. The molecule has 0 aromatic heterocycles. The highest BCUT2D eigenvalue weighted by molar-refractivity contribution is 5.78. The predicted molar refractivity (Wildman–Crippen MR) is 111 cm³/mol. The minimum Gasteiger partial charge on any atom is -0.497 e. The number of hydrogen-bond acceptors (Lipinski definition) is 3. The number of amides is 2. The Morgan fingerprint density at radius 3 is 2.07 bits per heavy atom. The number of nitrogens with zero attached hydrogens (tertiary/aromatic N) is 2. The van der Waals surface area contributed by atoms with E-state index in [0.717, 1.165) is 16.9 Å². The first-order chi connectivity index (χ1) is 13.4. The van der Waals surface area contributed by atoms with Crippen molar-refractivity contribution >= 4 is 11.8 Å². The van der Waals surface area contributed by atoms with Crippen molar-refractivity contribution in [2.45, 2.75) is 46.3 Å².